The zero-order chi connectivity index (χ0) is 14.1. The van der Waals surface area contributed by atoms with Crippen LogP contribution in [0.2, 0.25) is 0 Å². The van der Waals surface area contributed by atoms with E-state index in [1.807, 2.05) is 0 Å². The lowest BCUT2D eigenvalue weighted by atomic mass is 10.0. The van der Waals surface area contributed by atoms with Crippen LogP contribution in [0.25, 0.3) is 5.57 Å². The SMILES string of the molecule is O=C1Nc2ccccc2C1=CC(=O)c1ccccc1F. The molecule has 0 atom stereocenters. The molecule has 0 spiro atoms. The average molecular weight is 267 g/mol. The average Bonchev–Trinajstić information content (AvgIpc) is 2.76. The Morgan fingerprint density at radius 3 is 2.55 bits per heavy atom. The van der Waals surface area contributed by atoms with Crippen molar-refractivity contribution in [1.82, 2.24) is 0 Å². The number of benzene rings is 2. The topological polar surface area (TPSA) is 46.2 Å². The number of nitrogens with one attached hydrogen (secondary N) is 1. The van der Waals surface area contributed by atoms with Crippen LogP contribution in [0, 0.1) is 5.82 Å². The first-order chi connectivity index (χ1) is 9.66. The molecule has 3 nitrogen and oxygen atoms in total. The fraction of sp³-hybridized carbons (Fsp3) is 0. The van der Waals surface area contributed by atoms with Gasteiger partial charge in [-0.3, -0.25) is 9.59 Å². The van der Waals surface area contributed by atoms with Crippen molar-refractivity contribution in [2.75, 3.05) is 5.32 Å². The monoisotopic (exact) mass is 267 g/mol. The van der Waals surface area contributed by atoms with E-state index >= 15 is 0 Å². The van der Waals surface area contributed by atoms with Crippen LogP contribution in [0.3, 0.4) is 0 Å². The summed E-state index contributed by atoms with van der Waals surface area (Å²) in [6, 6.07) is 12.8. The lowest BCUT2D eigenvalue weighted by Gasteiger charge is -1.99. The van der Waals surface area contributed by atoms with Gasteiger partial charge < -0.3 is 5.32 Å². The molecule has 0 saturated heterocycles. The summed E-state index contributed by atoms with van der Waals surface area (Å²) in [6.07, 6.45) is 1.18. The van der Waals surface area contributed by atoms with Crippen molar-refractivity contribution in [3.8, 4) is 0 Å². The molecule has 0 unspecified atom stereocenters. The number of hydrogen-bond donors (Lipinski definition) is 1. The minimum atomic E-state index is -0.596. The van der Waals surface area contributed by atoms with Crippen LogP contribution in [0.15, 0.2) is 54.6 Å². The van der Waals surface area contributed by atoms with Crippen molar-refractivity contribution in [2.24, 2.45) is 0 Å². The molecule has 0 fully saturated rings. The highest BCUT2D eigenvalue weighted by Crippen LogP contribution is 2.31. The van der Waals surface area contributed by atoms with Gasteiger partial charge in [-0.1, -0.05) is 30.3 Å². The van der Waals surface area contributed by atoms with E-state index in [0.29, 0.717) is 11.3 Å². The van der Waals surface area contributed by atoms with Gasteiger partial charge in [0, 0.05) is 11.3 Å². The highest BCUT2D eigenvalue weighted by atomic mass is 19.1. The Labute approximate surface area is 114 Å². The quantitative estimate of drug-likeness (QED) is 0.671. The van der Waals surface area contributed by atoms with Gasteiger partial charge in [-0.25, -0.2) is 4.39 Å². The number of halogens is 1. The van der Waals surface area contributed by atoms with Crippen LogP contribution in [0.5, 0.6) is 0 Å². The maximum absolute atomic E-state index is 13.6. The smallest absolute Gasteiger partial charge is 0.256 e. The zero-order valence-corrected chi connectivity index (χ0v) is 10.4. The number of amides is 1. The maximum atomic E-state index is 13.6. The van der Waals surface area contributed by atoms with Gasteiger partial charge in [-0.2, -0.15) is 0 Å². The van der Waals surface area contributed by atoms with Crippen LogP contribution in [-0.2, 0) is 4.79 Å². The standard InChI is InChI=1S/C16H10FNO2/c17-13-7-3-1-6-11(13)15(19)9-12-10-5-2-4-8-14(10)18-16(12)20/h1-9H,(H,18,20). The molecule has 0 aliphatic carbocycles. The molecule has 0 bridgehead atoms. The molecule has 3 rings (SSSR count). The number of carbonyl (C=O) groups is 2. The molecular weight excluding hydrogens is 257 g/mol. The largest absolute Gasteiger partial charge is 0.321 e. The van der Waals surface area contributed by atoms with Crippen molar-refractivity contribution in [2.45, 2.75) is 0 Å². The second-order valence-corrected chi connectivity index (χ2v) is 4.40. The van der Waals surface area contributed by atoms with Crippen molar-refractivity contribution in [3.63, 3.8) is 0 Å². The number of allylic oxidation sites excluding steroid dienone is 1. The molecule has 98 valence electrons. The van der Waals surface area contributed by atoms with Crippen molar-refractivity contribution < 1.29 is 14.0 Å². The zero-order valence-electron chi connectivity index (χ0n) is 10.4. The summed E-state index contributed by atoms with van der Waals surface area (Å²) in [4.78, 5) is 23.9. The Kier molecular flexibility index (Phi) is 2.91. The number of anilines is 1. The number of carbonyl (C=O) groups excluding carboxylic acids is 2. The van der Waals surface area contributed by atoms with Crippen LogP contribution in [0.4, 0.5) is 10.1 Å². The first kappa shape index (κ1) is 12.3. The maximum Gasteiger partial charge on any atom is 0.256 e. The molecule has 0 aromatic heterocycles. The molecule has 20 heavy (non-hydrogen) atoms. The Morgan fingerprint density at radius 2 is 1.75 bits per heavy atom. The minimum Gasteiger partial charge on any atom is -0.321 e. The Bertz CT molecular complexity index is 750. The molecule has 1 aliphatic heterocycles. The number of ketones is 1. The third-order valence-electron chi connectivity index (χ3n) is 3.12. The first-order valence-corrected chi connectivity index (χ1v) is 6.08. The second kappa shape index (κ2) is 4.74. The molecule has 2 aromatic rings. The molecule has 4 heteroatoms. The van der Waals surface area contributed by atoms with Crippen molar-refractivity contribution >= 4 is 23.0 Å². The van der Waals surface area contributed by atoms with E-state index < -0.39 is 11.6 Å². The fourth-order valence-electron chi connectivity index (χ4n) is 2.15. The van der Waals surface area contributed by atoms with E-state index in [1.165, 1.54) is 24.3 Å². The molecule has 1 N–H and O–H groups in total. The molecule has 0 radical (unpaired) electrons. The van der Waals surface area contributed by atoms with E-state index in [-0.39, 0.29) is 17.0 Å². The normalized spacial score (nSPS) is 15.1. The van der Waals surface area contributed by atoms with E-state index in [9.17, 15) is 14.0 Å². The summed E-state index contributed by atoms with van der Waals surface area (Å²) < 4.78 is 13.6. The minimum absolute atomic E-state index is 0.0443. The number of rotatable bonds is 2. The van der Waals surface area contributed by atoms with Crippen LogP contribution >= 0.6 is 0 Å². The summed E-state index contributed by atoms with van der Waals surface area (Å²) in [5, 5.41) is 2.67. The van der Waals surface area contributed by atoms with Gasteiger partial charge in [0.2, 0.25) is 0 Å². The summed E-state index contributed by atoms with van der Waals surface area (Å²) in [5.41, 5.74) is 1.53. The molecule has 2 aromatic carbocycles. The molecule has 1 amide bonds. The molecular formula is C16H10FNO2. The van der Waals surface area contributed by atoms with E-state index in [4.69, 9.17) is 0 Å². The van der Waals surface area contributed by atoms with E-state index in [2.05, 4.69) is 5.32 Å². The van der Waals surface area contributed by atoms with Gasteiger partial charge in [0.15, 0.2) is 5.78 Å². The van der Waals surface area contributed by atoms with Crippen LogP contribution in [0.1, 0.15) is 15.9 Å². The van der Waals surface area contributed by atoms with E-state index in [0.717, 1.165) is 0 Å². The lowest BCUT2D eigenvalue weighted by molar-refractivity contribution is -0.110. The summed E-state index contributed by atoms with van der Waals surface area (Å²) in [7, 11) is 0. The van der Waals surface area contributed by atoms with Gasteiger partial charge in [-0.05, 0) is 24.3 Å². The van der Waals surface area contributed by atoms with Gasteiger partial charge in [0.25, 0.3) is 5.91 Å². The number of para-hydroxylation sites is 1. The predicted octanol–water partition coefficient (Wildman–Crippen LogP) is 3.04. The highest BCUT2D eigenvalue weighted by Gasteiger charge is 2.24. The lowest BCUT2D eigenvalue weighted by Crippen LogP contribution is -2.06. The van der Waals surface area contributed by atoms with Gasteiger partial charge >= 0.3 is 0 Å². The second-order valence-electron chi connectivity index (χ2n) is 4.40. The molecule has 0 saturated carbocycles. The highest BCUT2D eigenvalue weighted by molar-refractivity contribution is 6.35. The van der Waals surface area contributed by atoms with Crippen molar-refractivity contribution in [1.29, 1.82) is 0 Å². The van der Waals surface area contributed by atoms with Crippen molar-refractivity contribution in [3.05, 3.63) is 71.6 Å². The predicted molar refractivity (Wildman–Crippen MR) is 73.8 cm³/mol. The van der Waals surface area contributed by atoms with Gasteiger partial charge in [0.05, 0.1) is 11.1 Å². The molecule has 1 heterocycles. The first-order valence-electron chi connectivity index (χ1n) is 6.08. The molecule has 1 aliphatic rings. The van der Waals surface area contributed by atoms with Gasteiger partial charge in [-0.15, -0.1) is 0 Å². The van der Waals surface area contributed by atoms with Crippen LogP contribution < -0.4 is 5.32 Å². The Balaban J connectivity index is 2.03. The Morgan fingerprint density at radius 1 is 1.05 bits per heavy atom. The summed E-state index contributed by atoms with van der Waals surface area (Å²) >= 11 is 0. The summed E-state index contributed by atoms with van der Waals surface area (Å²) in [5.74, 6) is -1.47. The van der Waals surface area contributed by atoms with E-state index in [1.54, 1.807) is 30.3 Å². The number of fused-ring (bicyclic) bond motifs is 1. The third kappa shape index (κ3) is 2.01. The Hall–Kier alpha value is -2.75. The summed E-state index contributed by atoms with van der Waals surface area (Å²) in [6.45, 7) is 0. The third-order valence-corrected chi connectivity index (χ3v) is 3.12. The number of hydrogen-bond acceptors (Lipinski definition) is 2. The van der Waals surface area contributed by atoms with Crippen LogP contribution in [-0.4, -0.2) is 11.7 Å². The van der Waals surface area contributed by atoms with Gasteiger partial charge in [0.1, 0.15) is 5.82 Å². The fourth-order valence-corrected chi connectivity index (χ4v) is 2.15.